The number of benzene rings is 1. The van der Waals surface area contributed by atoms with Crippen LogP contribution in [0.4, 0.5) is 0 Å². The summed E-state index contributed by atoms with van der Waals surface area (Å²) in [4.78, 5) is 10.5. The molecule has 0 heterocycles. The Kier molecular flexibility index (Phi) is 2.83. The Hall–Kier alpha value is -0.870. The maximum atomic E-state index is 10.5. The smallest absolute Gasteiger partial charge is 0.335 e. The second kappa shape index (κ2) is 3.69. The largest absolute Gasteiger partial charge is 0.478 e. The van der Waals surface area contributed by atoms with E-state index in [1.165, 1.54) is 12.1 Å². The molecule has 0 unspecified atom stereocenters. The number of thiocarbonyl (C=S) groups is 1. The van der Waals surface area contributed by atoms with Crippen LogP contribution in [-0.2, 0) is 0 Å². The molecular formula is C8H6O2S2. The van der Waals surface area contributed by atoms with Crippen LogP contribution in [0.2, 0.25) is 0 Å². The van der Waals surface area contributed by atoms with Crippen molar-refractivity contribution in [2.75, 3.05) is 0 Å². The van der Waals surface area contributed by atoms with Gasteiger partial charge in [0.1, 0.15) is 0 Å². The third-order valence-electron chi connectivity index (χ3n) is 1.36. The van der Waals surface area contributed by atoms with Crippen LogP contribution in [0.25, 0.3) is 0 Å². The molecule has 0 aliphatic carbocycles. The number of carbonyl (C=O) groups is 1. The van der Waals surface area contributed by atoms with E-state index in [1.54, 1.807) is 12.1 Å². The van der Waals surface area contributed by atoms with Crippen LogP contribution in [0.5, 0.6) is 0 Å². The topological polar surface area (TPSA) is 37.3 Å². The fourth-order valence-corrected chi connectivity index (χ4v) is 1.05. The van der Waals surface area contributed by atoms with Gasteiger partial charge >= 0.3 is 5.97 Å². The Balaban J connectivity index is 3.12. The summed E-state index contributed by atoms with van der Waals surface area (Å²) in [6.45, 7) is 0. The second-order valence-corrected chi connectivity index (χ2v) is 3.35. The molecule has 0 saturated heterocycles. The number of carboxylic acids is 1. The zero-order chi connectivity index (χ0) is 9.14. The molecule has 0 aromatic heterocycles. The zero-order valence-electron chi connectivity index (χ0n) is 6.02. The number of aromatic carboxylic acids is 1. The highest BCUT2D eigenvalue weighted by molar-refractivity contribution is 8.11. The van der Waals surface area contributed by atoms with Crippen LogP contribution in [0.1, 0.15) is 15.9 Å². The molecule has 0 fully saturated rings. The SMILES string of the molecule is O=C(O)c1cccc(C(=S)S)c1. The highest BCUT2D eigenvalue weighted by Crippen LogP contribution is 2.08. The van der Waals surface area contributed by atoms with Crippen molar-refractivity contribution in [3.05, 3.63) is 35.4 Å². The lowest BCUT2D eigenvalue weighted by molar-refractivity contribution is 0.0697. The lowest BCUT2D eigenvalue weighted by Crippen LogP contribution is -1.97. The molecule has 4 heteroatoms. The second-order valence-electron chi connectivity index (χ2n) is 2.19. The molecule has 0 amide bonds. The van der Waals surface area contributed by atoms with Gasteiger partial charge in [-0.1, -0.05) is 24.4 Å². The van der Waals surface area contributed by atoms with Gasteiger partial charge in [-0.15, -0.1) is 12.6 Å². The average Bonchev–Trinajstić information content (AvgIpc) is 2.04. The van der Waals surface area contributed by atoms with E-state index in [-0.39, 0.29) is 5.56 Å². The van der Waals surface area contributed by atoms with Gasteiger partial charge in [0, 0.05) is 0 Å². The van der Waals surface area contributed by atoms with E-state index >= 15 is 0 Å². The third-order valence-corrected chi connectivity index (χ3v) is 1.85. The first-order chi connectivity index (χ1) is 5.61. The summed E-state index contributed by atoms with van der Waals surface area (Å²) in [6, 6.07) is 6.37. The number of rotatable bonds is 2. The highest BCUT2D eigenvalue weighted by Gasteiger charge is 2.03. The molecule has 0 radical (unpaired) electrons. The Labute approximate surface area is 80.6 Å². The fraction of sp³-hybridized carbons (Fsp3) is 0. The Morgan fingerprint density at radius 3 is 2.50 bits per heavy atom. The summed E-state index contributed by atoms with van der Waals surface area (Å²) < 4.78 is 0.401. The first-order valence-electron chi connectivity index (χ1n) is 3.18. The molecular weight excluding hydrogens is 192 g/mol. The molecule has 0 saturated carbocycles. The minimum absolute atomic E-state index is 0.226. The molecule has 0 spiro atoms. The lowest BCUT2D eigenvalue weighted by atomic mass is 10.1. The summed E-state index contributed by atoms with van der Waals surface area (Å²) >= 11 is 8.72. The van der Waals surface area contributed by atoms with E-state index in [0.29, 0.717) is 9.76 Å². The molecule has 0 atom stereocenters. The van der Waals surface area contributed by atoms with Crippen molar-refractivity contribution in [1.82, 2.24) is 0 Å². The van der Waals surface area contributed by atoms with Gasteiger partial charge in [-0.2, -0.15) is 0 Å². The predicted octanol–water partition coefficient (Wildman–Crippen LogP) is 1.99. The maximum absolute atomic E-state index is 10.5. The summed E-state index contributed by atoms with van der Waals surface area (Å²) in [6.07, 6.45) is 0. The molecule has 62 valence electrons. The summed E-state index contributed by atoms with van der Waals surface area (Å²) in [7, 11) is 0. The van der Waals surface area contributed by atoms with Crippen molar-refractivity contribution >= 4 is 35.0 Å². The molecule has 1 rings (SSSR count). The van der Waals surface area contributed by atoms with E-state index in [2.05, 4.69) is 12.6 Å². The molecule has 0 aliphatic heterocycles. The van der Waals surface area contributed by atoms with Crippen LogP contribution < -0.4 is 0 Å². The summed E-state index contributed by atoms with van der Waals surface area (Å²) in [5.74, 6) is -0.957. The van der Waals surface area contributed by atoms with Crippen molar-refractivity contribution in [2.24, 2.45) is 0 Å². The Morgan fingerprint density at radius 2 is 2.00 bits per heavy atom. The molecule has 1 aromatic carbocycles. The monoisotopic (exact) mass is 198 g/mol. The molecule has 1 aromatic rings. The van der Waals surface area contributed by atoms with E-state index in [1.807, 2.05) is 0 Å². The molecule has 0 bridgehead atoms. The fourth-order valence-electron chi connectivity index (χ4n) is 0.785. The van der Waals surface area contributed by atoms with Gasteiger partial charge < -0.3 is 5.11 Å². The molecule has 1 N–H and O–H groups in total. The van der Waals surface area contributed by atoms with Crippen LogP contribution in [0, 0.1) is 0 Å². The molecule has 12 heavy (non-hydrogen) atoms. The zero-order valence-corrected chi connectivity index (χ0v) is 7.73. The van der Waals surface area contributed by atoms with Gasteiger partial charge in [-0.25, -0.2) is 4.79 Å². The number of hydrogen-bond donors (Lipinski definition) is 2. The minimum atomic E-state index is -0.957. The minimum Gasteiger partial charge on any atom is -0.478 e. The van der Waals surface area contributed by atoms with Gasteiger partial charge in [-0.05, 0) is 17.7 Å². The van der Waals surface area contributed by atoms with E-state index < -0.39 is 5.97 Å². The van der Waals surface area contributed by atoms with E-state index in [9.17, 15) is 4.79 Å². The van der Waals surface area contributed by atoms with Crippen molar-refractivity contribution in [1.29, 1.82) is 0 Å². The number of thiol groups is 1. The Bertz CT molecular complexity index is 304. The number of carboxylic acid groups (broad SMARTS) is 1. The van der Waals surface area contributed by atoms with Crippen LogP contribution in [0.15, 0.2) is 24.3 Å². The van der Waals surface area contributed by atoms with Gasteiger partial charge in [0.05, 0.1) is 9.76 Å². The predicted molar refractivity (Wildman–Crippen MR) is 54.1 cm³/mol. The lowest BCUT2D eigenvalue weighted by Gasteiger charge is -1.97. The normalized spacial score (nSPS) is 9.42. The summed E-state index contributed by atoms with van der Waals surface area (Å²) in [5.41, 5.74) is 0.886. The van der Waals surface area contributed by atoms with Gasteiger partial charge in [0.15, 0.2) is 0 Å². The van der Waals surface area contributed by atoms with Gasteiger partial charge in [0.2, 0.25) is 0 Å². The molecule has 0 aliphatic rings. The third kappa shape index (κ3) is 2.06. The maximum Gasteiger partial charge on any atom is 0.335 e. The first kappa shape index (κ1) is 9.22. The van der Waals surface area contributed by atoms with Crippen LogP contribution in [-0.4, -0.2) is 15.3 Å². The molecule has 2 nitrogen and oxygen atoms in total. The van der Waals surface area contributed by atoms with Gasteiger partial charge in [-0.3, -0.25) is 0 Å². The van der Waals surface area contributed by atoms with E-state index in [0.717, 1.165) is 0 Å². The van der Waals surface area contributed by atoms with Crippen molar-refractivity contribution in [3.63, 3.8) is 0 Å². The van der Waals surface area contributed by atoms with Crippen LogP contribution >= 0.6 is 24.8 Å². The standard InChI is InChI=1S/C8H6O2S2/c9-7(10)5-2-1-3-6(4-5)8(11)12/h1-4H,(H,9,10)(H,11,12). The number of hydrogen-bond acceptors (Lipinski definition) is 2. The van der Waals surface area contributed by atoms with E-state index in [4.69, 9.17) is 17.3 Å². The van der Waals surface area contributed by atoms with Crippen molar-refractivity contribution < 1.29 is 9.90 Å². The average molecular weight is 198 g/mol. The first-order valence-corrected chi connectivity index (χ1v) is 4.03. The van der Waals surface area contributed by atoms with Crippen molar-refractivity contribution in [3.8, 4) is 0 Å². The van der Waals surface area contributed by atoms with Gasteiger partial charge in [0.25, 0.3) is 0 Å². The highest BCUT2D eigenvalue weighted by atomic mass is 32.1. The Morgan fingerprint density at radius 1 is 1.42 bits per heavy atom. The summed E-state index contributed by atoms with van der Waals surface area (Å²) in [5, 5.41) is 8.62. The van der Waals surface area contributed by atoms with Crippen molar-refractivity contribution in [2.45, 2.75) is 0 Å². The van der Waals surface area contributed by atoms with Crippen LogP contribution in [0.3, 0.4) is 0 Å². The quantitative estimate of drug-likeness (QED) is 0.563.